The van der Waals surface area contributed by atoms with Crippen molar-refractivity contribution in [3.8, 4) is 0 Å². The van der Waals surface area contributed by atoms with Gasteiger partial charge >= 0.3 is 0 Å². The van der Waals surface area contributed by atoms with Crippen LogP contribution in [0.2, 0.25) is 5.02 Å². The van der Waals surface area contributed by atoms with E-state index in [2.05, 4.69) is 4.98 Å². The fraction of sp³-hybridized carbons (Fsp3) is 0.241. The largest absolute Gasteiger partial charge is 0.331 e. The number of sulfone groups is 1. The molecule has 0 spiro atoms. The summed E-state index contributed by atoms with van der Waals surface area (Å²) in [4.78, 5) is 21.6. The highest BCUT2D eigenvalue weighted by Crippen LogP contribution is 2.22. The molecule has 0 radical (unpaired) electrons. The van der Waals surface area contributed by atoms with Crippen molar-refractivity contribution in [2.75, 3.05) is 27.2 Å². The number of amides is 1. The fourth-order valence-corrected chi connectivity index (χ4v) is 5.81. The second-order valence-electron chi connectivity index (χ2n) is 9.39. The van der Waals surface area contributed by atoms with Crippen LogP contribution in [0.4, 0.5) is 0 Å². The number of nitrogens with zero attached hydrogens (tertiary/aromatic N) is 4. The van der Waals surface area contributed by atoms with E-state index >= 15 is 0 Å². The molecule has 0 aliphatic carbocycles. The van der Waals surface area contributed by atoms with Crippen molar-refractivity contribution in [1.82, 2.24) is 19.4 Å². The van der Waals surface area contributed by atoms with E-state index in [4.69, 9.17) is 11.6 Å². The van der Waals surface area contributed by atoms with Gasteiger partial charge in [-0.15, -0.1) is 0 Å². The van der Waals surface area contributed by atoms with Crippen LogP contribution in [-0.2, 0) is 28.7 Å². The maximum Gasteiger partial charge on any atom is 0.254 e. The number of likely N-dealkylation sites (N-methyl/N-ethyl adjacent to an activating group) is 1. The second kappa shape index (κ2) is 12.4. The van der Waals surface area contributed by atoms with Crippen LogP contribution in [0.5, 0.6) is 0 Å². The Labute approximate surface area is 229 Å². The highest BCUT2D eigenvalue weighted by molar-refractivity contribution is 7.90. The van der Waals surface area contributed by atoms with Crippen molar-refractivity contribution in [2.24, 2.45) is 0 Å². The number of hydrogen-bond acceptors (Lipinski definition) is 5. The molecule has 0 bridgehead atoms. The van der Waals surface area contributed by atoms with Gasteiger partial charge in [-0.25, -0.2) is 13.4 Å². The van der Waals surface area contributed by atoms with Gasteiger partial charge in [-0.2, -0.15) is 0 Å². The molecule has 0 aliphatic rings. The van der Waals surface area contributed by atoms with Crippen LogP contribution in [0.1, 0.15) is 27.2 Å². The van der Waals surface area contributed by atoms with Crippen molar-refractivity contribution in [2.45, 2.75) is 24.0 Å². The van der Waals surface area contributed by atoms with Gasteiger partial charge in [0.15, 0.2) is 0 Å². The molecule has 0 saturated carbocycles. The topological polar surface area (TPSA) is 75.5 Å². The SMILES string of the molecule is CN(C)CCN(Cc1cnc(S(=O)(=O)Cc2ccccc2)n1Cc1ccccc1)C(=O)c1cccc(Cl)c1. The summed E-state index contributed by atoms with van der Waals surface area (Å²) in [6, 6.07) is 25.5. The van der Waals surface area contributed by atoms with Gasteiger partial charge in [0.1, 0.15) is 0 Å². The lowest BCUT2D eigenvalue weighted by atomic mass is 10.2. The van der Waals surface area contributed by atoms with Gasteiger partial charge in [0.2, 0.25) is 15.0 Å². The summed E-state index contributed by atoms with van der Waals surface area (Å²) in [5.41, 5.74) is 2.73. The summed E-state index contributed by atoms with van der Waals surface area (Å²) < 4.78 is 28.8. The summed E-state index contributed by atoms with van der Waals surface area (Å²) in [5.74, 6) is -0.347. The molecule has 1 heterocycles. The Morgan fingerprint density at radius 2 is 1.55 bits per heavy atom. The van der Waals surface area contributed by atoms with Crippen LogP contribution in [-0.4, -0.2) is 60.9 Å². The quantitative estimate of drug-likeness (QED) is 0.269. The molecule has 0 aliphatic heterocycles. The number of halogens is 1. The van der Waals surface area contributed by atoms with E-state index in [-0.39, 0.29) is 23.4 Å². The summed E-state index contributed by atoms with van der Waals surface area (Å²) >= 11 is 6.16. The number of imidazole rings is 1. The first-order valence-corrected chi connectivity index (χ1v) is 14.3. The van der Waals surface area contributed by atoms with Gasteiger partial charge in [0, 0.05) is 23.7 Å². The Morgan fingerprint density at radius 1 is 0.895 bits per heavy atom. The maximum atomic E-state index is 13.5. The number of carbonyl (C=O) groups excluding carboxylic acids is 1. The van der Waals surface area contributed by atoms with Crippen molar-refractivity contribution < 1.29 is 13.2 Å². The average molecular weight is 551 g/mol. The number of benzene rings is 3. The first-order chi connectivity index (χ1) is 18.2. The van der Waals surface area contributed by atoms with Crippen LogP contribution in [0.25, 0.3) is 0 Å². The Bertz CT molecular complexity index is 1470. The van der Waals surface area contributed by atoms with Crippen molar-refractivity contribution in [3.63, 3.8) is 0 Å². The van der Waals surface area contributed by atoms with Gasteiger partial charge < -0.3 is 14.4 Å². The first kappa shape index (κ1) is 27.6. The molecule has 0 unspecified atom stereocenters. The smallest absolute Gasteiger partial charge is 0.254 e. The van der Waals surface area contributed by atoms with Crippen molar-refractivity contribution in [3.05, 3.63) is 119 Å². The molecular formula is C29H31ClN4O3S. The number of carbonyl (C=O) groups is 1. The van der Waals surface area contributed by atoms with E-state index in [1.54, 1.807) is 52.1 Å². The predicted octanol–water partition coefficient (Wildman–Crippen LogP) is 4.76. The zero-order valence-corrected chi connectivity index (χ0v) is 23.1. The van der Waals surface area contributed by atoms with E-state index in [1.807, 2.05) is 67.5 Å². The Balaban J connectivity index is 1.72. The minimum Gasteiger partial charge on any atom is -0.331 e. The van der Waals surface area contributed by atoms with Crippen molar-refractivity contribution in [1.29, 1.82) is 0 Å². The number of rotatable bonds is 11. The molecule has 0 N–H and O–H groups in total. The molecule has 0 atom stereocenters. The zero-order valence-electron chi connectivity index (χ0n) is 21.5. The Morgan fingerprint density at radius 3 is 2.18 bits per heavy atom. The third-order valence-corrected chi connectivity index (χ3v) is 7.92. The van der Waals surface area contributed by atoms with Crippen LogP contribution >= 0.6 is 11.6 Å². The molecule has 0 saturated heterocycles. The molecule has 198 valence electrons. The molecule has 4 rings (SSSR count). The lowest BCUT2D eigenvalue weighted by molar-refractivity contribution is 0.0728. The third kappa shape index (κ3) is 7.10. The van der Waals surface area contributed by atoms with Crippen molar-refractivity contribution >= 4 is 27.3 Å². The van der Waals surface area contributed by atoms with Gasteiger partial charge in [0.05, 0.1) is 30.7 Å². The van der Waals surface area contributed by atoms with Crippen LogP contribution < -0.4 is 0 Å². The summed E-state index contributed by atoms with van der Waals surface area (Å²) in [6.07, 6.45) is 1.56. The van der Waals surface area contributed by atoms with Gasteiger partial charge in [-0.1, -0.05) is 78.3 Å². The molecule has 7 nitrogen and oxygen atoms in total. The zero-order chi connectivity index (χ0) is 27.1. The lowest BCUT2D eigenvalue weighted by Gasteiger charge is -2.25. The lowest BCUT2D eigenvalue weighted by Crippen LogP contribution is -2.37. The van der Waals surface area contributed by atoms with Crippen LogP contribution in [0.3, 0.4) is 0 Å². The monoisotopic (exact) mass is 550 g/mol. The predicted molar refractivity (Wildman–Crippen MR) is 150 cm³/mol. The standard InChI is InChI=1S/C29H31ClN4O3S/c1-32(2)16-17-33(28(35)25-14-9-15-26(30)18-25)21-27-19-31-29(34(27)20-23-10-5-3-6-11-23)38(36,37)22-24-12-7-4-8-13-24/h3-15,18-19H,16-17,20-22H2,1-2H3. The van der Waals surface area contributed by atoms with E-state index in [1.165, 1.54) is 0 Å². The van der Waals surface area contributed by atoms with Crippen LogP contribution in [0.15, 0.2) is 96.3 Å². The van der Waals surface area contributed by atoms with E-state index in [0.29, 0.717) is 41.5 Å². The molecule has 38 heavy (non-hydrogen) atoms. The molecular weight excluding hydrogens is 520 g/mol. The summed E-state index contributed by atoms with van der Waals surface area (Å²) in [5, 5.41) is 0.467. The summed E-state index contributed by atoms with van der Waals surface area (Å²) in [6.45, 7) is 1.59. The second-order valence-corrected chi connectivity index (χ2v) is 11.7. The van der Waals surface area contributed by atoms with E-state index in [0.717, 1.165) is 5.56 Å². The van der Waals surface area contributed by atoms with Gasteiger partial charge in [0.25, 0.3) is 5.91 Å². The first-order valence-electron chi connectivity index (χ1n) is 12.3. The minimum atomic E-state index is -3.76. The molecule has 1 amide bonds. The Kier molecular flexibility index (Phi) is 8.99. The summed E-state index contributed by atoms with van der Waals surface area (Å²) in [7, 11) is 0.121. The highest BCUT2D eigenvalue weighted by atomic mass is 35.5. The highest BCUT2D eigenvalue weighted by Gasteiger charge is 2.26. The molecule has 9 heteroatoms. The molecule has 4 aromatic rings. The molecule has 0 fully saturated rings. The fourth-order valence-electron chi connectivity index (χ4n) is 4.13. The maximum absolute atomic E-state index is 13.5. The van der Waals surface area contributed by atoms with E-state index in [9.17, 15) is 13.2 Å². The normalized spacial score (nSPS) is 11.6. The van der Waals surface area contributed by atoms with Crippen LogP contribution in [0, 0.1) is 0 Å². The minimum absolute atomic E-state index is 0.0111. The third-order valence-electron chi connectivity index (χ3n) is 6.09. The average Bonchev–Trinajstić information content (AvgIpc) is 3.29. The van der Waals surface area contributed by atoms with Gasteiger partial charge in [-0.05, 0) is 43.4 Å². The molecule has 3 aromatic carbocycles. The molecule has 1 aromatic heterocycles. The van der Waals surface area contributed by atoms with E-state index < -0.39 is 9.84 Å². The van der Waals surface area contributed by atoms with Gasteiger partial charge in [-0.3, -0.25) is 4.79 Å². The number of hydrogen-bond donors (Lipinski definition) is 0. The Hall–Kier alpha value is -3.46. The number of aromatic nitrogens is 2.